The molecule has 16 nitrogen and oxygen atoms in total. The van der Waals surface area contributed by atoms with Crippen LogP contribution in [0, 0.1) is 0 Å². The van der Waals surface area contributed by atoms with Crippen LogP contribution >= 0.6 is 23.5 Å². The second-order valence-corrected chi connectivity index (χ2v) is 9.76. The van der Waals surface area contributed by atoms with E-state index in [2.05, 4.69) is 13.1 Å². The van der Waals surface area contributed by atoms with Gasteiger partial charge in [-0.1, -0.05) is 0 Å². The monoisotopic (exact) mass is 491 g/mol. The van der Waals surface area contributed by atoms with Gasteiger partial charge >= 0.3 is 29.2 Å². The molecule has 0 spiro atoms. The van der Waals surface area contributed by atoms with Crippen molar-refractivity contribution >= 4 is 53.0 Å². The van der Waals surface area contributed by atoms with Gasteiger partial charge in [-0.25, -0.2) is 18.5 Å². The molecular weight excluding hydrogens is 476 g/mol. The van der Waals surface area contributed by atoms with E-state index in [9.17, 15) is 33.3 Å². The van der Waals surface area contributed by atoms with Crippen molar-refractivity contribution in [3.05, 3.63) is 33.1 Å². The van der Waals surface area contributed by atoms with Crippen LogP contribution in [0.5, 0.6) is 0 Å². The zero-order valence-corrected chi connectivity index (χ0v) is 19.2. The first-order chi connectivity index (χ1) is 12.7. The largest absolute Gasteiger partial charge is 0.490 e. The van der Waals surface area contributed by atoms with Crippen LogP contribution in [0.3, 0.4) is 0 Å². The van der Waals surface area contributed by atoms with Crippen molar-refractivity contribution in [3.63, 3.8) is 0 Å². The van der Waals surface area contributed by atoms with E-state index in [0.29, 0.717) is 0 Å². The van der Waals surface area contributed by atoms with E-state index >= 15 is 0 Å². The van der Waals surface area contributed by atoms with Crippen LogP contribution in [-0.2, 0) is 31.6 Å². The van der Waals surface area contributed by atoms with Gasteiger partial charge in [-0.3, -0.25) is 18.9 Å². The number of nitrogens with one attached hydrogen (secondary N) is 1. The summed E-state index contributed by atoms with van der Waals surface area (Å²) in [7, 11) is -16.6. The van der Waals surface area contributed by atoms with Gasteiger partial charge in [0.05, 0.1) is 12.7 Å². The fraction of sp³-hybridized carbons (Fsp3) is 0.556. The minimum Gasteiger partial charge on any atom is -0.390 e. The molecule has 0 amide bonds. The molecule has 1 fully saturated rings. The summed E-state index contributed by atoms with van der Waals surface area (Å²) in [6.45, 7) is -0.876. The van der Waals surface area contributed by atoms with Crippen molar-refractivity contribution < 1.29 is 56.3 Å². The van der Waals surface area contributed by atoms with Gasteiger partial charge in [-0.2, -0.15) is 8.62 Å². The zero-order valence-electron chi connectivity index (χ0n) is 14.5. The van der Waals surface area contributed by atoms with Crippen LogP contribution in [0.2, 0.25) is 0 Å². The number of aliphatic hydroxyl groups is 1. The van der Waals surface area contributed by atoms with Gasteiger partial charge in [-0.05, 0) is 0 Å². The molecule has 2 unspecified atom stereocenters. The number of phosphoric ester groups is 1. The van der Waals surface area contributed by atoms with Crippen LogP contribution in [0.4, 0.5) is 0 Å². The van der Waals surface area contributed by atoms with E-state index in [4.69, 9.17) is 19.4 Å². The summed E-state index contributed by atoms with van der Waals surface area (Å²) in [5, 5.41) is 9.91. The first-order valence-corrected chi connectivity index (χ1v) is 11.6. The predicted molar refractivity (Wildman–Crippen MR) is 91.4 cm³/mol. The average molecular weight is 491 g/mol. The molecule has 0 aromatic carbocycles. The van der Waals surface area contributed by atoms with Gasteiger partial charge in [0.1, 0.15) is 12.3 Å². The Bertz CT molecular complexity index is 972. The Hall–Kier alpha value is 0.01000. The number of ether oxygens (including phenoxy) is 1. The molecule has 0 bridgehead atoms. The fourth-order valence-electron chi connectivity index (χ4n) is 2.16. The van der Waals surface area contributed by atoms with Gasteiger partial charge in [0.2, 0.25) is 0 Å². The van der Waals surface area contributed by atoms with Crippen LogP contribution in [0.15, 0.2) is 21.9 Å². The molecule has 29 heavy (non-hydrogen) atoms. The summed E-state index contributed by atoms with van der Waals surface area (Å²) in [6, 6.07) is 1.02. The molecule has 0 aliphatic carbocycles. The summed E-state index contributed by atoms with van der Waals surface area (Å²) in [5.74, 6) is 0. The number of aromatic amines is 1. The third kappa shape index (κ3) is 8.57. The number of rotatable bonds is 8. The maximum Gasteiger partial charge on any atom is 0.490 e. The molecule has 1 radical (unpaired) electrons. The van der Waals surface area contributed by atoms with Gasteiger partial charge in [0, 0.05) is 48.2 Å². The maximum atomic E-state index is 11.7. The summed E-state index contributed by atoms with van der Waals surface area (Å²) in [6.07, 6.45) is -2.74. The Morgan fingerprint density at radius 3 is 2.31 bits per heavy atom. The quantitative estimate of drug-likeness (QED) is 0.173. The van der Waals surface area contributed by atoms with Crippen LogP contribution in [0.25, 0.3) is 0 Å². The molecule has 20 heteroatoms. The van der Waals surface area contributed by atoms with Crippen molar-refractivity contribution in [2.75, 3.05) is 6.61 Å². The zero-order chi connectivity index (χ0) is 21.3. The Kier molecular flexibility index (Phi) is 9.41. The molecule has 2 rings (SSSR count). The topological polar surface area (TPSA) is 244 Å². The third-order valence-electron chi connectivity index (χ3n) is 3.18. The average Bonchev–Trinajstić information content (AvgIpc) is 2.82. The summed E-state index contributed by atoms with van der Waals surface area (Å²) in [5.41, 5.74) is -1.50. The molecule has 6 N–H and O–H groups in total. The Balaban J connectivity index is 0.00000420. The molecule has 1 aliphatic rings. The molecular formula is C9H15N2NaO14P3. The number of aromatic nitrogens is 2. The van der Waals surface area contributed by atoms with Crippen molar-refractivity contribution in [1.82, 2.24) is 9.55 Å². The second-order valence-electron chi connectivity index (χ2n) is 5.34. The molecule has 1 aliphatic heterocycles. The first-order valence-electron chi connectivity index (χ1n) is 7.11. The van der Waals surface area contributed by atoms with Gasteiger partial charge in [0.15, 0.2) is 0 Å². The van der Waals surface area contributed by atoms with Gasteiger partial charge in [0.25, 0.3) is 5.56 Å². The molecule has 1 aromatic rings. The van der Waals surface area contributed by atoms with Gasteiger partial charge in [-0.15, -0.1) is 0 Å². The van der Waals surface area contributed by atoms with E-state index in [1.54, 1.807) is 0 Å². The van der Waals surface area contributed by atoms with Crippen LogP contribution < -0.4 is 11.2 Å². The number of hydrogen-bond acceptors (Lipinski definition) is 10. The number of H-pyrrole nitrogens is 1. The van der Waals surface area contributed by atoms with Crippen molar-refractivity contribution in [3.8, 4) is 0 Å². The minimum absolute atomic E-state index is 0. The van der Waals surface area contributed by atoms with Crippen molar-refractivity contribution in [2.45, 2.75) is 24.9 Å². The summed E-state index contributed by atoms with van der Waals surface area (Å²) >= 11 is 0. The number of phosphoric acid groups is 3. The Morgan fingerprint density at radius 1 is 1.14 bits per heavy atom. The van der Waals surface area contributed by atoms with E-state index in [0.717, 1.165) is 16.8 Å². The number of nitrogens with zero attached hydrogens (tertiary/aromatic N) is 1. The normalized spacial score (nSPS) is 26.3. The molecule has 2 heterocycles. The Morgan fingerprint density at radius 2 is 1.76 bits per heavy atom. The number of hydrogen-bond donors (Lipinski definition) is 6. The standard InChI is InChI=1S/C9H15N2O14P3.Na/c12-5-3-8(11-2-1-7(13)10-9(11)14)23-6(5)4-22-27(18,19)25-28(20,21)24-26(15,16)17;/h1-2,5-6,8,12H,3-4H2,(H,18,19)(H,20,21)(H,10,13,14)(H2,15,16,17);/t5-,6+,8+;/m0./s1. The molecule has 5 atom stereocenters. The first kappa shape index (κ1) is 27.0. The van der Waals surface area contributed by atoms with E-state index in [1.807, 2.05) is 4.98 Å². The SMILES string of the molecule is O=c1ccn([C@H]2C[C@H](O)[C@@H](COP(=O)(O)OP(=O)(O)OP(=O)(O)O)O2)c(=O)[nH]1.[Na]. The molecule has 1 saturated heterocycles. The van der Waals surface area contributed by atoms with Gasteiger partial charge < -0.3 is 29.4 Å². The number of aliphatic hydroxyl groups excluding tert-OH is 1. The minimum atomic E-state index is -5.67. The molecule has 0 saturated carbocycles. The van der Waals surface area contributed by atoms with Crippen molar-refractivity contribution in [2.24, 2.45) is 0 Å². The van der Waals surface area contributed by atoms with Crippen molar-refractivity contribution in [1.29, 1.82) is 0 Å². The second kappa shape index (κ2) is 10.1. The molecule has 161 valence electrons. The predicted octanol–water partition coefficient (Wildman–Crippen LogP) is -1.85. The summed E-state index contributed by atoms with van der Waals surface area (Å²) < 4.78 is 51.0. The van der Waals surface area contributed by atoms with E-state index in [-0.39, 0.29) is 36.0 Å². The van der Waals surface area contributed by atoms with E-state index < -0.39 is 59.8 Å². The smallest absolute Gasteiger partial charge is 0.390 e. The Labute approximate surface area is 183 Å². The third-order valence-corrected chi connectivity index (χ3v) is 6.99. The summed E-state index contributed by atoms with van der Waals surface area (Å²) in [4.78, 5) is 60.0. The van der Waals surface area contributed by atoms with Crippen LogP contribution in [-0.4, -0.2) is 82.6 Å². The van der Waals surface area contributed by atoms with E-state index in [1.165, 1.54) is 0 Å². The maximum absolute atomic E-state index is 11.7. The van der Waals surface area contributed by atoms with Crippen LogP contribution in [0.1, 0.15) is 12.6 Å². The molecule has 1 aromatic heterocycles. The fourth-order valence-corrected chi connectivity index (χ4v) is 5.19.